The summed E-state index contributed by atoms with van der Waals surface area (Å²) in [5.41, 5.74) is 16.3. The molecule has 0 spiro atoms. The van der Waals surface area contributed by atoms with E-state index in [1.165, 1.54) is 11.1 Å². The van der Waals surface area contributed by atoms with Crippen LogP contribution < -0.4 is 5.73 Å². The van der Waals surface area contributed by atoms with E-state index in [1.54, 1.807) is 0 Å². The topological polar surface area (TPSA) is 62.2 Å². The third-order valence-electron chi connectivity index (χ3n) is 3.27. The van der Waals surface area contributed by atoms with Crippen LogP contribution in [0.2, 0.25) is 0 Å². The average molecular weight is 265 g/mol. The van der Waals surface area contributed by atoms with Gasteiger partial charge in [0.25, 0.3) is 0 Å². The summed E-state index contributed by atoms with van der Waals surface area (Å²) in [6.07, 6.45) is 1.93. The summed E-state index contributed by atoms with van der Waals surface area (Å²) in [5, 5.41) is 7.45. The van der Waals surface area contributed by atoms with Crippen molar-refractivity contribution >= 4 is 25.2 Å². The molecule has 1 aromatic rings. The van der Waals surface area contributed by atoms with Crippen molar-refractivity contribution in [2.24, 2.45) is 10.7 Å². The number of nitrogens with one attached hydrogen (secondary N) is 1. The molecule has 3 N–H and O–H groups in total. The number of allylic oxidation sites excluding steroid dienone is 2. The van der Waals surface area contributed by atoms with E-state index in [2.05, 4.69) is 35.8 Å². The van der Waals surface area contributed by atoms with Crippen LogP contribution in [-0.2, 0) is 0 Å². The number of thiol groups is 1. The number of amidine groups is 1. The molecule has 0 saturated heterocycles. The van der Waals surface area contributed by atoms with Crippen molar-refractivity contribution in [3.8, 4) is 0 Å². The van der Waals surface area contributed by atoms with Crippen molar-refractivity contribution in [3.05, 3.63) is 68.6 Å². The summed E-state index contributed by atoms with van der Waals surface area (Å²) in [5.74, 6) is 0.305. The fourth-order valence-corrected chi connectivity index (χ4v) is 2.50. The zero-order valence-electron chi connectivity index (χ0n) is 10.1. The third-order valence-corrected chi connectivity index (χ3v) is 3.61. The van der Waals surface area contributed by atoms with E-state index in [4.69, 9.17) is 11.1 Å². The molecule has 0 fully saturated rings. The highest BCUT2D eigenvalue weighted by molar-refractivity contribution is 7.84. The molecular formula is C15H11N3S. The first kappa shape index (κ1) is 11.8. The maximum Gasteiger partial charge on any atom is 0.126 e. The summed E-state index contributed by atoms with van der Waals surface area (Å²) in [4.78, 5) is 4.56. The van der Waals surface area contributed by atoms with E-state index in [-0.39, 0.29) is 11.8 Å². The maximum atomic E-state index is 7.45. The highest BCUT2D eigenvalue weighted by atomic mass is 32.1. The van der Waals surface area contributed by atoms with Gasteiger partial charge in [-0.15, -0.1) is 12.6 Å². The lowest BCUT2D eigenvalue weighted by Gasteiger charge is -2.02. The molecule has 1 unspecified atom stereocenters. The molecule has 0 bridgehead atoms. The molecule has 92 valence electrons. The SMILES string of the molecule is C=NC1=C=C=C(C2c3ccc(C(=N)N)cc32)C=C1S. The molecule has 2 aliphatic rings. The minimum absolute atomic E-state index is 0.0880. The number of nitrogen functional groups attached to an aromatic ring is 1. The number of benzene rings is 1. The van der Waals surface area contributed by atoms with Gasteiger partial charge in [0, 0.05) is 22.0 Å². The second-order valence-electron chi connectivity index (χ2n) is 4.43. The van der Waals surface area contributed by atoms with Crippen molar-refractivity contribution in [2.45, 2.75) is 5.92 Å². The van der Waals surface area contributed by atoms with Crippen molar-refractivity contribution in [3.63, 3.8) is 0 Å². The second kappa shape index (κ2) is 4.15. The van der Waals surface area contributed by atoms with Crippen LogP contribution in [0.15, 0.2) is 56.9 Å². The van der Waals surface area contributed by atoms with E-state index in [0.29, 0.717) is 5.70 Å². The predicted octanol–water partition coefficient (Wildman–Crippen LogP) is 2.51. The standard InChI is InChI=1S/C15H11N3S/c1-18-12-5-3-8(7-13(12)19)14-10-4-2-9(15(16)17)6-11(10)14/h2,4,6-7,14,19H,1H2,(H3,16,17). The number of hydrogen-bond acceptors (Lipinski definition) is 3. The average Bonchev–Trinajstić information content (AvgIpc) is 3.11. The molecule has 19 heavy (non-hydrogen) atoms. The Morgan fingerprint density at radius 2 is 2.16 bits per heavy atom. The van der Waals surface area contributed by atoms with E-state index in [0.717, 1.165) is 16.0 Å². The fourth-order valence-electron chi connectivity index (χ4n) is 2.24. The van der Waals surface area contributed by atoms with E-state index in [1.807, 2.05) is 24.3 Å². The normalized spacial score (nSPS) is 19.0. The van der Waals surface area contributed by atoms with Crippen LogP contribution in [0.5, 0.6) is 0 Å². The van der Waals surface area contributed by atoms with Gasteiger partial charge in [-0.2, -0.15) is 0 Å². The number of nitrogens with two attached hydrogens (primary N) is 1. The summed E-state index contributed by atoms with van der Waals surface area (Å²) < 4.78 is 0. The number of rotatable bonds is 3. The van der Waals surface area contributed by atoms with Crippen LogP contribution in [-0.4, -0.2) is 12.6 Å². The van der Waals surface area contributed by atoms with Crippen LogP contribution >= 0.6 is 12.6 Å². The first-order valence-electron chi connectivity index (χ1n) is 5.73. The quantitative estimate of drug-likeness (QED) is 0.334. The van der Waals surface area contributed by atoms with Crippen LogP contribution in [0.1, 0.15) is 22.6 Å². The Balaban J connectivity index is 2.00. The van der Waals surface area contributed by atoms with Gasteiger partial charge in [0.2, 0.25) is 0 Å². The Kier molecular flexibility index (Phi) is 2.58. The largest absolute Gasteiger partial charge is 0.384 e. The molecule has 1 atom stereocenters. The Hall–Kier alpha value is -2.25. The first-order valence-corrected chi connectivity index (χ1v) is 6.18. The van der Waals surface area contributed by atoms with E-state index < -0.39 is 0 Å². The highest BCUT2D eigenvalue weighted by Crippen LogP contribution is 2.49. The third kappa shape index (κ3) is 1.88. The number of nitrogens with zero attached hydrogens (tertiary/aromatic N) is 1. The molecule has 0 aliphatic heterocycles. The van der Waals surface area contributed by atoms with Gasteiger partial charge in [-0.3, -0.25) is 10.4 Å². The molecule has 2 aliphatic carbocycles. The Morgan fingerprint density at radius 3 is 2.79 bits per heavy atom. The minimum atomic E-state index is 0.0880. The molecule has 0 heterocycles. The first-order chi connectivity index (χ1) is 9.11. The monoisotopic (exact) mass is 265 g/mol. The fraction of sp³-hybridized carbons (Fsp3) is 0.0667. The number of hydrogen-bond donors (Lipinski definition) is 3. The van der Waals surface area contributed by atoms with Gasteiger partial charge in [0.1, 0.15) is 11.5 Å². The summed E-state index contributed by atoms with van der Waals surface area (Å²) in [7, 11) is 0. The van der Waals surface area contributed by atoms with E-state index >= 15 is 0 Å². The molecule has 4 heteroatoms. The van der Waals surface area contributed by atoms with Crippen LogP contribution in [0.25, 0.3) is 0 Å². The molecule has 0 aromatic heterocycles. The van der Waals surface area contributed by atoms with Crippen molar-refractivity contribution in [1.82, 2.24) is 0 Å². The molecular weight excluding hydrogens is 254 g/mol. The second-order valence-corrected chi connectivity index (χ2v) is 4.91. The molecule has 0 saturated carbocycles. The van der Waals surface area contributed by atoms with Gasteiger partial charge in [0.15, 0.2) is 0 Å². The molecule has 0 amide bonds. The molecule has 3 rings (SSSR count). The maximum absolute atomic E-state index is 7.45. The lowest BCUT2D eigenvalue weighted by Crippen LogP contribution is -2.10. The van der Waals surface area contributed by atoms with Gasteiger partial charge >= 0.3 is 0 Å². The summed E-state index contributed by atoms with van der Waals surface area (Å²) in [6, 6.07) is 5.82. The van der Waals surface area contributed by atoms with Gasteiger partial charge in [-0.1, -0.05) is 17.9 Å². The van der Waals surface area contributed by atoms with E-state index in [9.17, 15) is 0 Å². The lowest BCUT2D eigenvalue weighted by molar-refractivity contribution is 1.20. The molecule has 1 aromatic carbocycles. The Bertz CT molecular complexity index is 758. The van der Waals surface area contributed by atoms with Crippen molar-refractivity contribution in [2.75, 3.05) is 0 Å². The number of fused-ring (bicyclic) bond motifs is 1. The zero-order chi connectivity index (χ0) is 13.6. The van der Waals surface area contributed by atoms with Crippen LogP contribution in [0, 0.1) is 5.41 Å². The van der Waals surface area contributed by atoms with Gasteiger partial charge in [-0.05, 0) is 35.7 Å². The molecule has 0 radical (unpaired) electrons. The Morgan fingerprint density at radius 1 is 1.37 bits per heavy atom. The smallest absolute Gasteiger partial charge is 0.126 e. The molecule has 3 nitrogen and oxygen atoms in total. The summed E-state index contributed by atoms with van der Waals surface area (Å²) in [6.45, 7) is 3.46. The highest BCUT2D eigenvalue weighted by Gasteiger charge is 2.35. The zero-order valence-corrected chi connectivity index (χ0v) is 11.0. The van der Waals surface area contributed by atoms with Gasteiger partial charge < -0.3 is 5.73 Å². The Labute approximate surface area is 116 Å². The van der Waals surface area contributed by atoms with Crippen molar-refractivity contribution in [1.29, 1.82) is 5.41 Å². The summed E-state index contributed by atoms with van der Waals surface area (Å²) >= 11 is 4.36. The van der Waals surface area contributed by atoms with Crippen molar-refractivity contribution < 1.29 is 0 Å². The van der Waals surface area contributed by atoms with Gasteiger partial charge in [0.05, 0.1) is 0 Å². The number of aliphatic imine (C=N–C) groups is 1. The minimum Gasteiger partial charge on any atom is -0.384 e. The lowest BCUT2D eigenvalue weighted by atomic mass is 10.1. The van der Waals surface area contributed by atoms with Crippen LogP contribution in [0.4, 0.5) is 0 Å². The van der Waals surface area contributed by atoms with Gasteiger partial charge in [-0.25, -0.2) is 0 Å². The predicted molar refractivity (Wildman–Crippen MR) is 80.0 cm³/mol. The van der Waals surface area contributed by atoms with Crippen LogP contribution in [0.3, 0.4) is 0 Å².